The average Bonchev–Trinajstić information content (AvgIpc) is 2.27. The number of carbonyl (C=O) groups is 1. The van der Waals surface area contributed by atoms with Crippen LogP contribution in [-0.4, -0.2) is 30.8 Å². The minimum absolute atomic E-state index is 0.0936. The van der Waals surface area contributed by atoms with Crippen molar-refractivity contribution < 1.29 is 4.79 Å². The Bertz CT molecular complexity index is 354. The third kappa shape index (κ3) is 3.92. The van der Waals surface area contributed by atoms with Crippen LogP contribution in [0, 0.1) is 11.3 Å². The van der Waals surface area contributed by atoms with Gasteiger partial charge in [0, 0.05) is 18.5 Å². The monoisotopic (exact) mass is 202 g/mol. The lowest BCUT2D eigenvalue weighted by atomic mass is 10.1. The van der Waals surface area contributed by atoms with E-state index in [4.69, 9.17) is 5.26 Å². The summed E-state index contributed by atoms with van der Waals surface area (Å²) < 4.78 is 0. The van der Waals surface area contributed by atoms with Gasteiger partial charge < -0.3 is 0 Å². The molecule has 0 amide bonds. The van der Waals surface area contributed by atoms with Crippen molar-refractivity contribution in [3.8, 4) is 6.07 Å². The Morgan fingerprint density at radius 3 is 2.67 bits per heavy atom. The van der Waals surface area contributed by atoms with Crippen LogP contribution in [0.1, 0.15) is 16.8 Å². The highest BCUT2D eigenvalue weighted by Crippen LogP contribution is 2.01. The van der Waals surface area contributed by atoms with Crippen LogP contribution in [0.5, 0.6) is 0 Å². The number of carbonyl (C=O) groups excluding carboxylic acids is 1. The zero-order valence-corrected chi connectivity index (χ0v) is 8.81. The normalized spacial score (nSPS) is 9.93. The molecule has 3 heteroatoms. The van der Waals surface area contributed by atoms with Crippen LogP contribution in [0.15, 0.2) is 30.3 Å². The second kappa shape index (κ2) is 5.94. The SMILES string of the molecule is CN(CCC#N)CC(=O)c1ccccc1. The van der Waals surface area contributed by atoms with Crippen molar-refractivity contribution in [2.24, 2.45) is 0 Å². The molecule has 0 atom stereocenters. The highest BCUT2D eigenvalue weighted by molar-refractivity contribution is 5.97. The van der Waals surface area contributed by atoms with Crippen LogP contribution >= 0.6 is 0 Å². The third-order valence-electron chi connectivity index (χ3n) is 2.11. The minimum Gasteiger partial charge on any atom is -0.298 e. The number of nitrogens with zero attached hydrogens (tertiary/aromatic N) is 2. The van der Waals surface area contributed by atoms with Crippen molar-refractivity contribution in [2.45, 2.75) is 6.42 Å². The molecule has 0 heterocycles. The molecule has 0 unspecified atom stereocenters. The molecular formula is C12H14N2O. The summed E-state index contributed by atoms with van der Waals surface area (Å²) in [4.78, 5) is 13.6. The quantitative estimate of drug-likeness (QED) is 0.683. The minimum atomic E-state index is 0.0936. The Balaban J connectivity index is 2.46. The van der Waals surface area contributed by atoms with E-state index >= 15 is 0 Å². The van der Waals surface area contributed by atoms with Crippen LogP contribution in [0.25, 0.3) is 0 Å². The second-order valence-electron chi connectivity index (χ2n) is 3.44. The van der Waals surface area contributed by atoms with Gasteiger partial charge in [-0.25, -0.2) is 0 Å². The highest BCUT2D eigenvalue weighted by Gasteiger charge is 2.07. The van der Waals surface area contributed by atoms with Gasteiger partial charge in [-0.2, -0.15) is 5.26 Å². The maximum absolute atomic E-state index is 11.7. The first-order valence-electron chi connectivity index (χ1n) is 4.88. The van der Waals surface area contributed by atoms with Gasteiger partial charge in [-0.05, 0) is 7.05 Å². The Morgan fingerprint density at radius 1 is 1.40 bits per heavy atom. The summed E-state index contributed by atoms with van der Waals surface area (Å²) >= 11 is 0. The summed E-state index contributed by atoms with van der Waals surface area (Å²) in [5.74, 6) is 0.0936. The fourth-order valence-electron chi connectivity index (χ4n) is 1.28. The van der Waals surface area contributed by atoms with Gasteiger partial charge in [-0.15, -0.1) is 0 Å². The smallest absolute Gasteiger partial charge is 0.176 e. The molecule has 0 saturated heterocycles. The zero-order valence-electron chi connectivity index (χ0n) is 8.81. The lowest BCUT2D eigenvalue weighted by molar-refractivity contribution is 0.0947. The van der Waals surface area contributed by atoms with Crippen molar-refractivity contribution in [2.75, 3.05) is 20.1 Å². The Labute approximate surface area is 89.9 Å². The summed E-state index contributed by atoms with van der Waals surface area (Å²) in [5, 5.41) is 8.40. The summed E-state index contributed by atoms with van der Waals surface area (Å²) in [7, 11) is 1.85. The van der Waals surface area contributed by atoms with Gasteiger partial charge in [-0.1, -0.05) is 30.3 Å². The molecule has 15 heavy (non-hydrogen) atoms. The molecule has 0 aliphatic rings. The Kier molecular flexibility index (Phi) is 4.52. The number of likely N-dealkylation sites (N-methyl/N-ethyl adjacent to an activating group) is 1. The standard InChI is InChI=1S/C12H14N2O/c1-14(9-5-8-13)10-12(15)11-6-3-2-4-7-11/h2-4,6-7H,5,9-10H2,1H3. The molecule has 0 aromatic heterocycles. The number of Topliss-reactive ketones (excluding diaryl/α,β-unsaturated/α-hetero) is 1. The lowest BCUT2D eigenvalue weighted by Gasteiger charge is -2.13. The first kappa shape index (κ1) is 11.4. The molecule has 3 nitrogen and oxygen atoms in total. The fraction of sp³-hybridized carbons (Fsp3) is 0.333. The molecule has 0 aliphatic carbocycles. The predicted octanol–water partition coefficient (Wildman–Crippen LogP) is 1.71. The van der Waals surface area contributed by atoms with Crippen LogP contribution in [0.4, 0.5) is 0 Å². The summed E-state index contributed by atoms with van der Waals surface area (Å²) in [6.07, 6.45) is 0.457. The zero-order chi connectivity index (χ0) is 11.1. The van der Waals surface area contributed by atoms with Crippen LogP contribution in [0.2, 0.25) is 0 Å². The number of hydrogen-bond donors (Lipinski definition) is 0. The highest BCUT2D eigenvalue weighted by atomic mass is 16.1. The van der Waals surface area contributed by atoms with Gasteiger partial charge in [-0.3, -0.25) is 9.69 Å². The maximum Gasteiger partial charge on any atom is 0.176 e. The van der Waals surface area contributed by atoms with Crippen LogP contribution in [-0.2, 0) is 0 Å². The van der Waals surface area contributed by atoms with E-state index in [1.165, 1.54) is 0 Å². The molecule has 1 aromatic rings. The van der Waals surface area contributed by atoms with Crippen molar-refractivity contribution in [1.29, 1.82) is 5.26 Å². The molecule has 0 saturated carbocycles. The predicted molar refractivity (Wildman–Crippen MR) is 58.5 cm³/mol. The van der Waals surface area contributed by atoms with Crippen molar-refractivity contribution in [3.05, 3.63) is 35.9 Å². The van der Waals surface area contributed by atoms with Gasteiger partial charge in [0.1, 0.15) is 0 Å². The number of nitriles is 1. The fourth-order valence-corrected chi connectivity index (χ4v) is 1.28. The molecule has 0 spiro atoms. The number of rotatable bonds is 5. The van der Waals surface area contributed by atoms with Crippen molar-refractivity contribution in [1.82, 2.24) is 4.90 Å². The van der Waals surface area contributed by atoms with E-state index in [1.807, 2.05) is 30.1 Å². The average molecular weight is 202 g/mol. The molecule has 0 fully saturated rings. The van der Waals surface area contributed by atoms with E-state index in [0.717, 1.165) is 5.56 Å². The van der Waals surface area contributed by atoms with E-state index in [1.54, 1.807) is 12.1 Å². The molecule has 0 aliphatic heterocycles. The van der Waals surface area contributed by atoms with E-state index in [-0.39, 0.29) is 5.78 Å². The largest absolute Gasteiger partial charge is 0.298 e. The van der Waals surface area contributed by atoms with E-state index in [9.17, 15) is 4.79 Å². The molecule has 0 radical (unpaired) electrons. The maximum atomic E-state index is 11.7. The molecule has 0 bridgehead atoms. The van der Waals surface area contributed by atoms with Crippen molar-refractivity contribution >= 4 is 5.78 Å². The van der Waals surface area contributed by atoms with Gasteiger partial charge in [0.15, 0.2) is 5.78 Å². The summed E-state index contributed by atoms with van der Waals surface area (Å²) in [5.41, 5.74) is 0.723. The molecule has 0 N–H and O–H groups in total. The molecular weight excluding hydrogens is 188 g/mol. The topological polar surface area (TPSA) is 44.1 Å². The van der Waals surface area contributed by atoms with Gasteiger partial charge >= 0.3 is 0 Å². The number of ketones is 1. The summed E-state index contributed by atoms with van der Waals surface area (Å²) in [6.45, 7) is 1.00. The van der Waals surface area contributed by atoms with Gasteiger partial charge in [0.05, 0.1) is 12.6 Å². The Morgan fingerprint density at radius 2 is 2.07 bits per heavy atom. The number of hydrogen-bond acceptors (Lipinski definition) is 3. The summed E-state index contributed by atoms with van der Waals surface area (Å²) in [6, 6.07) is 11.3. The third-order valence-corrected chi connectivity index (χ3v) is 2.11. The van der Waals surface area contributed by atoms with E-state index in [0.29, 0.717) is 19.5 Å². The Hall–Kier alpha value is -1.66. The number of benzene rings is 1. The first-order chi connectivity index (χ1) is 7.24. The first-order valence-corrected chi connectivity index (χ1v) is 4.88. The molecule has 1 aromatic carbocycles. The molecule has 78 valence electrons. The van der Waals surface area contributed by atoms with Gasteiger partial charge in [0.2, 0.25) is 0 Å². The lowest BCUT2D eigenvalue weighted by Crippen LogP contribution is -2.26. The molecule has 1 rings (SSSR count). The van der Waals surface area contributed by atoms with Gasteiger partial charge in [0.25, 0.3) is 0 Å². The van der Waals surface area contributed by atoms with E-state index in [2.05, 4.69) is 6.07 Å². The van der Waals surface area contributed by atoms with Crippen molar-refractivity contribution in [3.63, 3.8) is 0 Å². The van der Waals surface area contributed by atoms with Crippen LogP contribution in [0.3, 0.4) is 0 Å². The van der Waals surface area contributed by atoms with Crippen LogP contribution < -0.4 is 0 Å². The van der Waals surface area contributed by atoms with E-state index < -0.39 is 0 Å². The second-order valence-corrected chi connectivity index (χ2v) is 3.44.